The number of nitrogens with one attached hydrogen (secondary N) is 1. The first kappa shape index (κ1) is 21.1. The van der Waals surface area contributed by atoms with Crippen LogP contribution in [0.1, 0.15) is 21.7 Å². The first-order valence-corrected chi connectivity index (χ1v) is 11.4. The number of para-hydroxylation sites is 1. The molecule has 0 radical (unpaired) electrons. The molecule has 1 aromatic heterocycles. The minimum absolute atomic E-state index is 0.104. The van der Waals surface area contributed by atoms with E-state index in [0.717, 1.165) is 5.69 Å². The SMILES string of the molecule is Cc1cc(NC(=O)c2cc(S(=O)(=O)N3CCN(c4ccccc4)CC3)ccc2C)no1. The minimum atomic E-state index is -3.72. The monoisotopic (exact) mass is 440 g/mol. The largest absolute Gasteiger partial charge is 0.369 e. The Hall–Kier alpha value is -3.17. The molecular formula is C22H24N4O4S. The molecule has 0 bridgehead atoms. The van der Waals surface area contributed by atoms with Crippen LogP contribution in [0.5, 0.6) is 0 Å². The van der Waals surface area contributed by atoms with Crippen LogP contribution in [-0.4, -0.2) is 50.0 Å². The van der Waals surface area contributed by atoms with E-state index in [1.54, 1.807) is 32.0 Å². The maximum absolute atomic E-state index is 13.2. The van der Waals surface area contributed by atoms with Gasteiger partial charge in [-0.3, -0.25) is 4.79 Å². The fourth-order valence-electron chi connectivity index (χ4n) is 3.59. The fraction of sp³-hybridized carbons (Fsp3) is 0.273. The average molecular weight is 441 g/mol. The smallest absolute Gasteiger partial charge is 0.257 e. The number of anilines is 2. The van der Waals surface area contributed by atoms with Gasteiger partial charge in [0.05, 0.1) is 4.90 Å². The van der Waals surface area contributed by atoms with Gasteiger partial charge in [0.15, 0.2) is 5.82 Å². The quantitative estimate of drug-likeness (QED) is 0.655. The second-order valence-electron chi connectivity index (χ2n) is 7.48. The van der Waals surface area contributed by atoms with Crippen molar-refractivity contribution >= 4 is 27.4 Å². The van der Waals surface area contributed by atoms with Crippen LogP contribution in [0.25, 0.3) is 0 Å². The van der Waals surface area contributed by atoms with E-state index in [-0.39, 0.29) is 16.3 Å². The standard InChI is InChI=1S/C22H24N4O4S/c1-16-8-9-19(15-20(16)22(27)23-21-14-17(2)30-24-21)31(28,29)26-12-10-25(11-13-26)18-6-4-3-5-7-18/h3-9,14-15H,10-13H2,1-2H3,(H,23,24,27). The predicted octanol–water partition coefficient (Wildman–Crippen LogP) is 3.05. The molecule has 1 amide bonds. The molecule has 3 aromatic rings. The lowest BCUT2D eigenvalue weighted by molar-refractivity contribution is 0.102. The highest BCUT2D eigenvalue weighted by molar-refractivity contribution is 7.89. The molecule has 0 unspecified atom stereocenters. The van der Waals surface area contributed by atoms with Gasteiger partial charge in [-0.2, -0.15) is 4.31 Å². The van der Waals surface area contributed by atoms with Crippen molar-refractivity contribution in [3.8, 4) is 0 Å². The second kappa shape index (κ2) is 8.52. The molecule has 1 aliphatic heterocycles. The zero-order valence-electron chi connectivity index (χ0n) is 17.4. The molecule has 0 atom stereocenters. The number of aromatic nitrogens is 1. The molecule has 1 fully saturated rings. The van der Waals surface area contributed by atoms with Crippen LogP contribution in [0, 0.1) is 13.8 Å². The Morgan fingerprint density at radius 3 is 2.35 bits per heavy atom. The van der Waals surface area contributed by atoms with Crippen LogP contribution in [0.3, 0.4) is 0 Å². The summed E-state index contributed by atoms with van der Waals surface area (Å²) in [7, 11) is -3.72. The number of rotatable bonds is 5. The number of sulfonamides is 1. The average Bonchev–Trinajstić information content (AvgIpc) is 3.19. The van der Waals surface area contributed by atoms with Crippen molar-refractivity contribution in [2.45, 2.75) is 18.7 Å². The number of hydrogen-bond donors (Lipinski definition) is 1. The Bertz CT molecular complexity index is 1180. The molecule has 2 heterocycles. The lowest BCUT2D eigenvalue weighted by Gasteiger charge is -2.35. The normalized spacial score (nSPS) is 15.1. The van der Waals surface area contributed by atoms with Crippen molar-refractivity contribution in [3.63, 3.8) is 0 Å². The zero-order valence-corrected chi connectivity index (χ0v) is 18.2. The van der Waals surface area contributed by atoms with Gasteiger partial charge < -0.3 is 14.7 Å². The van der Waals surface area contributed by atoms with Gasteiger partial charge in [0.25, 0.3) is 5.91 Å². The topological polar surface area (TPSA) is 95.8 Å². The highest BCUT2D eigenvalue weighted by atomic mass is 32.2. The molecule has 1 N–H and O–H groups in total. The number of piperazine rings is 1. The third-order valence-corrected chi connectivity index (χ3v) is 7.22. The van der Waals surface area contributed by atoms with Gasteiger partial charge in [-0.25, -0.2) is 8.42 Å². The molecule has 1 saturated heterocycles. The lowest BCUT2D eigenvalue weighted by Crippen LogP contribution is -2.48. The van der Waals surface area contributed by atoms with Crippen LogP contribution in [0.2, 0.25) is 0 Å². The highest BCUT2D eigenvalue weighted by Gasteiger charge is 2.29. The first-order valence-electron chi connectivity index (χ1n) is 10.00. The summed E-state index contributed by atoms with van der Waals surface area (Å²) in [5, 5.41) is 6.39. The number of benzene rings is 2. The minimum Gasteiger partial charge on any atom is -0.369 e. The summed E-state index contributed by atoms with van der Waals surface area (Å²) in [6.07, 6.45) is 0. The summed E-state index contributed by atoms with van der Waals surface area (Å²) in [5.41, 5.74) is 2.03. The van der Waals surface area contributed by atoms with Crippen molar-refractivity contribution < 1.29 is 17.7 Å². The first-order chi connectivity index (χ1) is 14.8. The van der Waals surface area contributed by atoms with Gasteiger partial charge in [0, 0.05) is 43.5 Å². The highest BCUT2D eigenvalue weighted by Crippen LogP contribution is 2.23. The number of amides is 1. The van der Waals surface area contributed by atoms with Gasteiger partial charge in [-0.05, 0) is 43.7 Å². The van der Waals surface area contributed by atoms with Crippen molar-refractivity contribution in [2.75, 3.05) is 36.4 Å². The molecule has 1 aliphatic rings. The Balaban J connectivity index is 1.51. The molecule has 8 nitrogen and oxygen atoms in total. The van der Waals surface area contributed by atoms with Gasteiger partial charge in [-0.1, -0.05) is 29.4 Å². The molecule has 162 valence electrons. The summed E-state index contributed by atoms with van der Waals surface area (Å²) >= 11 is 0. The maximum Gasteiger partial charge on any atom is 0.257 e. The van der Waals surface area contributed by atoms with Gasteiger partial charge in [0.2, 0.25) is 10.0 Å². The van der Waals surface area contributed by atoms with E-state index in [1.807, 2.05) is 30.3 Å². The summed E-state index contributed by atoms with van der Waals surface area (Å²) in [6, 6.07) is 16.2. The number of nitrogens with zero attached hydrogens (tertiary/aromatic N) is 3. The van der Waals surface area contributed by atoms with Crippen LogP contribution in [-0.2, 0) is 10.0 Å². The summed E-state index contributed by atoms with van der Waals surface area (Å²) < 4.78 is 32.9. The van der Waals surface area contributed by atoms with E-state index in [0.29, 0.717) is 37.5 Å². The molecule has 9 heteroatoms. The van der Waals surface area contributed by atoms with Crippen LogP contribution >= 0.6 is 0 Å². The number of aryl methyl sites for hydroxylation is 2. The number of hydrogen-bond acceptors (Lipinski definition) is 6. The maximum atomic E-state index is 13.2. The van der Waals surface area contributed by atoms with Crippen molar-refractivity contribution in [1.29, 1.82) is 0 Å². The third-order valence-electron chi connectivity index (χ3n) is 5.32. The van der Waals surface area contributed by atoms with Crippen molar-refractivity contribution in [1.82, 2.24) is 9.46 Å². The Morgan fingerprint density at radius 1 is 1.00 bits per heavy atom. The molecular weight excluding hydrogens is 416 g/mol. The van der Waals surface area contributed by atoms with Crippen molar-refractivity contribution in [3.05, 3.63) is 71.5 Å². The van der Waals surface area contributed by atoms with Crippen molar-refractivity contribution in [2.24, 2.45) is 0 Å². The Labute approximate surface area is 181 Å². The van der Waals surface area contributed by atoms with Crippen LogP contribution < -0.4 is 10.2 Å². The summed E-state index contributed by atoms with van der Waals surface area (Å²) in [4.78, 5) is 15.0. The fourth-order valence-corrected chi connectivity index (χ4v) is 5.04. The van der Waals surface area contributed by atoms with E-state index < -0.39 is 15.9 Å². The van der Waals surface area contributed by atoms with E-state index in [2.05, 4.69) is 15.4 Å². The Kier molecular flexibility index (Phi) is 5.79. The molecule has 0 aliphatic carbocycles. The van der Waals surface area contributed by atoms with Gasteiger partial charge >= 0.3 is 0 Å². The third kappa shape index (κ3) is 4.47. The number of carbonyl (C=O) groups is 1. The van der Waals surface area contributed by atoms with E-state index in [1.165, 1.54) is 10.4 Å². The van der Waals surface area contributed by atoms with E-state index in [4.69, 9.17) is 4.52 Å². The van der Waals surface area contributed by atoms with Crippen LogP contribution in [0.4, 0.5) is 11.5 Å². The molecule has 31 heavy (non-hydrogen) atoms. The zero-order chi connectivity index (χ0) is 22.0. The molecule has 4 rings (SSSR count). The molecule has 0 saturated carbocycles. The molecule has 0 spiro atoms. The number of carbonyl (C=O) groups excluding carboxylic acids is 1. The Morgan fingerprint density at radius 2 is 1.71 bits per heavy atom. The summed E-state index contributed by atoms with van der Waals surface area (Å²) in [5.74, 6) is 0.418. The predicted molar refractivity (Wildman–Crippen MR) is 118 cm³/mol. The lowest BCUT2D eigenvalue weighted by atomic mass is 10.1. The summed E-state index contributed by atoms with van der Waals surface area (Å²) in [6.45, 7) is 5.45. The molecule has 2 aromatic carbocycles. The van der Waals surface area contributed by atoms with E-state index in [9.17, 15) is 13.2 Å². The van der Waals surface area contributed by atoms with E-state index >= 15 is 0 Å². The van der Waals surface area contributed by atoms with Gasteiger partial charge in [0.1, 0.15) is 5.76 Å². The second-order valence-corrected chi connectivity index (χ2v) is 9.42. The van der Waals surface area contributed by atoms with Gasteiger partial charge in [-0.15, -0.1) is 0 Å². The van der Waals surface area contributed by atoms with Crippen LogP contribution in [0.15, 0.2) is 64.0 Å².